The van der Waals surface area contributed by atoms with E-state index in [1.54, 1.807) is 47.9 Å². The maximum absolute atomic E-state index is 13.5. The molecule has 0 radical (unpaired) electrons. The van der Waals surface area contributed by atoms with Crippen LogP contribution in [0.3, 0.4) is 0 Å². The second kappa shape index (κ2) is 9.74. The third-order valence-corrected chi connectivity index (χ3v) is 5.43. The van der Waals surface area contributed by atoms with Crippen molar-refractivity contribution in [2.45, 2.75) is 20.4 Å². The van der Waals surface area contributed by atoms with Crippen molar-refractivity contribution in [3.63, 3.8) is 0 Å². The number of halogens is 1. The van der Waals surface area contributed by atoms with E-state index < -0.39 is 16.7 Å². The van der Waals surface area contributed by atoms with Crippen molar-refractivity contribution in [1.29, 1.82) is 0 Å². The summed E-state index contributed by atoms with van der Waals surface area (Å²) in [5.41, 5.74) is 2.25. The zero-order chi connectivity index (χ0) is 24.2. The van der Waals surface area contributed by atoms with Crippen molar-refractivity contribution in [3.05, 3.63) is 93.9 Å². The maximum Gasteiger partial charge on any atom is 0.355 e. The van der Waals surface area contributed by atoms with Crippen molar-refractivity contribution in [2.75, 3.05) is 13.2 Å². The molecule has 0 bridgehead atoms. The van der Waals surface area contributed by atoms with Gasteiger partial charge in [0.2, 0.25) is 0 Å². The Morgan fingerprint density at radius 2 is 1.71 bits per heavy atom. The number of hydrogen-bond acceptors (Lipinski definition) is 5. The zero-order valence-electron chi connectivity index (χ0n) is 18.8. The number of benzene rings is 3. The van der Waals surface area contributed by atoms with E-state index in [2.05, 4.69) is 0 Å². The van der Waals surface area contributed by atoms with Crippen LogP contribution in [0.5, 0.6) is 5.75 Å². The summed E-state index contributed by atoms with van der Waals surface area (Å²) in [5.74, 6) is -0.322. The van der Waals surface area contributed by atoms with Crippen LogP contribution in [-0.4, -0.2) is 28.7 Å². The van der Waals surface area contributed by atoms with Crippen LogP contribution in [0.1, 0.15) is 29.9 Å². The van der Waals surface area contributed by atoms with Crippen LogP contribution in [0, 0.1) is 15.9 Å². The van der Waals surface area contributed by atoms with Gasteiger partial charge < -0.3 is 14.0 Å². The van der Waals surface area contributed by atoms with E-state index in [4.69, 9.17) is 9.47 Å². The molecule has 1 heterocycles. The Kier molecular flexibility index (Phi) is 6.58. The molecule has 8 heteroatoms. The minimum absolute atomic E-state index is 0.118. The predicted molar refractivity (Wildman–Crippen MR) is 127 cm³/mol. The number of non-ortho nitro benzene ring substituents is 1. The molecule has 4 rings (SSSR count). The van der Waals surface area contributed by atoms with Crippen LogP contribution in [0.2, 0.25) is 0 Å². The fourth-order valence-electron chi connectivity index (χ4n) is 4.06. The lowest BCUT2D eigenvalue weighted by molar-refractivity contribution is -0.383. The summed E-state index contributed by atoms with van der Waals surface area (Å²) in [6, 6.07) is 17.7. The van der Waals surface area contributed by atoms with Gasteiger partial charge in [0.1, 0.15) is 22.8 Å². The number of esters is 1. The molecule has 1 aromatic heterocycles. The van der Waals surface area contributed by atoms with Crippen LogP contribution in [-0.2, 0) is 11.3 Å². The summed E-state index contributed by atoms with van der Waals surface area (Å²) in [7, 11) is 0. The van der Waals surface area contributed by atoms with Gasteiger partial charge in [-0.15, -0.1) is 0 Å². The Morgan fingerprint density at radius 3 is 2.32 bits per heavy atom. The lowest BCUT2D eigenvalue weighted by Crippen LogP contribution is -2.14. The number of nitrogens with zero attached hydrogens (tertiary/aromatic N) is 2. The summed E-state index contributed by atoms with van der Waals surface area (Å²) < 4.78 is 26.0. The number of hydrogen-bond donors (Lipinski definition) is 0. The maximum atomic E-state index is 13.5. The van der Waals surface area contributed by atoms with E-state index in [-0.39, 0.29) is 24.5 Å². The minimum atomic E-state index is -0.598. The van der Waals surface area contributed by atoms with Crippen LogP contribution < -0.4 is 4.74 Å². The number of carbonyl (C=O) groups excluding carboxylic acids is 1. The van der Waals surface area contributed by atoms with Crippen molar-refractivity contribution < 1.29 is 23.6 Å². The highest BCUT2D eigenvalue weighted by atomic mass is 19.1. The third-order valence-electron chi connectivity index (χ3n) is 5.43. The lowest BCUT2D eigenvalue weighted by atomic mass is 10.0. The molecule has 0 amide bonds. The summed E-state index contributed by atoms with van der Waals surface area (Å²) in [6.45, 7) is 4.35. The fourth-order valence-corrected chi connectivity index (χ4v) is 4.06. The average molecular weight is 462 g/mol. The van der Waals surface area contributed by atoms with Gasteiger partial charge in [0.15, 0.2) is 0 Å². The number of nitro groups is 1. The molecule has 0 saturated heterocycles. The van der Waals surface area contributed by atoms with Crippen LogP contribution in [0.4, 0.5) is 10.1 Å². The number of rotatable bonds is 8. The highest BCUT2D eigenvalue weighted by Gasteiger charge is 2.29. The monoisotopic (exact) mass is 462 g/mol. The first-order valence-corrected chi connectivity index (χ1v) is 10.9. The number of para-hydroxylation sites is 1. The second-order valence-corrected chi connectivity index (χ2v) is 7.54. The Labute approximate surface area is 195 Å². The number of carbonyl (C=O) groups is 1. The number of ether oxygens (including phenoxy) is 2. The van der Waals surface area contributed by atoms with Gasteiger partial charge in [-0.3, -0.25) is 10.1 Å². The SMILES string of the molecule is CCOC(=O)c1c(-c2ccc(OCC)cc2)c2cccc([N+](=O)[O-])c2n1Cc1ccc(F)cc1. The topological polar surface area (TPSA) is 83.6 Å². The first-order valence-electron chi connectivity index (χ1n) is 10.9. The Morgan fingerprint density at radius 1 is 1.00 bits per heavy atom. The normalized spacial score (nSPS) is 10.9. The molecule has 7 nitrogen and oxygen atoms in total. The molecule has 4 aromatic rings. The molecule has 0 spiro atoms. The summed E-state index contributed by atoms with van der Waals surface area (Å²) in [5, 5.41) is 12.5. The van der Waals surface area contributed by atoms with Crippen molar-refractivity contribution >= 4 is 22.6 Å². The molecular weight excluding hydrogens is 439 g/mol. The van der Waals surface area contributed by atoms with Gasteiger partial charge in [0.25, 0.3) is 5.69 Å². The highest BCUT2D eigenvalue weighted by molar-refractivity contribution is 6.11. The third kappa shape index (κ3) is 4.34. The van der Waals surface area contributed by atoms with Crippen molar-refractivity contribution in [1.82, 2.24) is 4.57 Å². The van der Waals surface area contributed by atoms with Gasteiger partial charge in [-0.25, -0.2) is 9.18 Å². The molecular formula is C26H23FN2O5. The minimum Gasteiger partial charge on any atom is -0.494 e. The Balaban J connectivity index is 2.04. The van der Waals surface area contributed by atoms with Gasteiger partial charge in [-0.05, 0) is 49.2 Å². The molecule has 0 N–H and O–H groups in total. The summed E-state index contributed by atoms with van der Waals surface area (Å²) in [4.78, 5) is 24.7. The molecule has 0 aliphatic rings. The fraction of sp³-hybridized carbons (Fsp3) is 0.192. The molecule has 34 heavy (non-hydrogen) atoms. The number of aromatic nitrogens is 1. The molecule has 3 aromatic carbocycles. The van der Waals surface area contributed by atoms with Crippen LogP contribution in [0.25, 0.3) is 22.0 Å². The van der Waals surface area contributed by atoms with E-state index >= 15 is 0 Å². The molecule has 0 fully saturated rings. The van der Waals surface area contributed by atoms with Gasteiger partial charge in [0, 0.05) is 23.6 Å². The van der Waals surface area contributed by atoms with Gasteiger partial charge >= 0.3 is 5.97 Å². The quantitative estimate of drug-likeness (QED) is 0.183. The van der Waals surface area contributed by atoms with Crippen molar-refractivity contribution in [3.8, 4) is 16.9 Å². The van der Waals surface area contributed by atoms with Crippen LogP contribution >= 0.6 is 0 Å². The van der Waals surface area contributed by atoms with Gasteiger partial charge in [0.05, 0.1) is 18.1 Å². The first-order chi connectivity index (χ1) is 16.4. The predicted octanol–water partition coefficient (Wildman–Crippen LogP) is 5.98. The number of nitro benzene ring substituents is 1. The lowest BCUT2D eigenvalue weighted by Gasteiger charge is -2.12. The summed E-state index contributed by atoms with van der Waals surface area (Å²) >= 11 is 0. The van der Waals surface area contributed by atoms with E-state index in [9.17, 15) is 19.3 Å². The molecule has 0 saturated carbocycles. The second-order valence-electron chi connectivity index (χ2n) is 7.54. The molecule has 0 atom stereocenters. The molecule has 0 aliphatic carbocycles. The standard InChI is InChI=1S/C26H23FN2O5/c1-3-33-20-14-10-18(11-15-20)23-21-6-5-7-22(29(31)32)24(21)28(25(23)26(30)34-4-2)16-17-8-12-19(27)13-9-17/h5-15H,3-4,16H2,1-2H3. The van der Waals surface area contributed by atoms with E-state index in [1.807, 2.05) is 19.1 Å². The van der Waals surface area contributed by atoms with Gasteiger partial charge in [-0.2, -0.15) is 0 Å². The van der Waals surface area contributed by atoms with E-state index in [0.717, 1.165) is 0 Å². The zero-order valence-corrected chi connectivity index (χ0v) is 18.8. The van der Waals surface area contributed by atoms with Crippen molar-refractivity contribution in [2.24, 2.45) is 0 Å². The largest absolute Gasteiger partial charge is 0.494 e. The molecule has 0 aliphatic heterocycles. The average Bonchev–Trinajstić information content (AvgIpc) is 3.15. The highest BCUT2D eigenvalue weighted by Crippen LogP contribution is 2.40. The molecule has 174 valence electrons. The molecule has 0 unspecified atom stereocenters. The smallest absolute Gasteiger partial charge is 0.355 e. The first kappa shape index (κ1) is 23.0. The Bertz CT molecular complexity index is 1340. The van der Waals surface area contributed by atoms with Gasteiger partial charge in [-0.1, -0.05) is 36.4 Å². The van der Waals surface area contributed by atoms with E-state index in [1.165, 1.54) is 18.2 Å². The van der Waals surface area contributed by atoms with Crippen LogP contribution in [0.15, 0.2) is 66.7 Å². The number of fused-ring (bicyclic) bond motifs is 1. The van der Waals surface area contributed by atoms with E-state index in [0.29, 0.717) is 39.9 Å². The summed E-state index contributed by atoms with van der Waals surface area (Å²) in [6.07, 6.45) is 0. The Hall–Kier alpha value is -4.20.